The van der Waals surface area contributed by atoms with E-state index in [1.807, 2.05) is 37.3 Å². The molecule has 0 spiro atoms. The Bertz CT molecular complexity index is 863. The van der Waals surface area contributed by atoms with Gasteiger partial charge >= 0.3 is 6.03 Å². The maximum absolute atomic E-state index is 13.5. The normalized spacial score (nSPS) is 20.9. The molecule has 0 saturated carbocycles. The Morgan fingerprint density at radius 2 is 2.00 bits per heavy atom. The van der Waals surface area contributed by atoms with Crippen LogP contribution in [0.25, 0.3) is 11.1 Å². The molecule has 0 bridgehead atoms. The number of rotatable bonds is 6. The van der Waals surface area contributed by atoms with Crippen molar-refractivity contribution in [3.05, 3.63) is 59.9 Å². The van der Waals surface area contributed by atoms with Gasteiger partial charge in [-0.2, -0.15) is 5.26 Å². The predicted octanol–water partition coefficient (Wildman–Crippen LogP) is 3.92. The summed E-state index contributed by atoms with van der Waals surface area (Å²) >= 11 is 0. The minimum Gasteiger partial charge on any atom is -0.383 e. The van der Waals surface area contributed by atoms with E-state index in [0.29, 0.717) is 13.2 Å². The van der Waals surface area contributed by atoms with Crippen LogP contribution in [0.4, 0.5) is 9.18 Å². The van der Waals surface area contributed by atoms with E-state index >= 15 is 0 Å². The number of methoxy groups -OCH3 is 1. The Hall–Kier alpha value is -2.91. The van der Waals surface area contributed by atoms with Crippen LogP contribution in [0.1, 0.15) is 24.8 Å². The third kappa shape index (κ3) is 3.85. The molecule has 5 nitrogen and oxygen atoms in total. The number of urea groups is 1. The van der Waals surface area contributed by atoms with Crippen molar-refractivity contribution in [2.24, 2.45) is 0 Å². The third-order valence-electron chi connectivity index (χ3n) is 5.10. The topological polar surface area (TPSA) is 65.4 Å². The molecule has 2 aromatic rings. The molecular formula is C22H24FN3O2. The molecule has 0 unspecified atom stereocenters. The van der Waals surface area contributed by atoms with Crippen molar-refractivity contribution in [1.29, 1.82) is 5.26 Å². The van der Waals surface area contributed by atoms with E-state index in [9.17, 15) is 14.4 Å². The molecule has 1 heterocycles. The van der Waals surface area contributed by atoms with Crippen LogP contribution in [0.2, 0.25) is 0 Å². The maximum Gasteiger partial charge on any atom is 0.318 e. The lowest BCUT2D eigenvalue weighted by Crippen LogP contribution is -2.67. The van der Waals surface area contributed by atoms with Gasteiger partial charge in [0.1, 0.15) is 11.9 Å². The molecule has 1 N–H and O–H groups in total. The van der Waals surface area contributed by atoms with Crippen molar-refractivity contribution >= 4 is 6.03 Å². The fraction of sp³-hybridized carbons (Fsp3) is 0.364. The number of nitrogens with zero attached hydrogens (tertiary/aromatic N) is 2. The van der Waals surface area contributed by atoms with Gasteiger partial charge in [0, 0.05) is 19.6 Å². The lowest BCUT2D eigenvalue weighted by Gasteiger charge is -2.51. The summed E-state index contributed by atoms with van der Waals surface area (Å²) in [5.74, 6) is -0.405. The molecule has 1 aliphatic rings. The lowest BCUT2D eigenvalue weighted by molar-refractivity contribution is 0.00267. The second-order valence-corrected chi connectivity index (χ2v) is 6.89. The molecular weight excluding hydrogens is 357 g/mol. The second-order valence-electron chi connectivity index (χ2n) is 6.89. The first-order valence-corrected chi connectivity index (χ1v) is 9.41. The average molecular weight is 381 g/mol. The first kappa shape index (κ1) is 19.8. The summed E-state index contributed by atoms with van der Waals surface area (Å²) in [4.78, 5) is 14.0. The minimum atomic E-state index is -0.544. The number of amides is 2. The molecule has 1 aliphatic heterocycles. The second kappa shape index (κ2) is 8.85. The fourth-order valence-corrected chi connectivity index (χ4v) is 3.73. The van der Waals surface area contributed by atoms with Gasteiger partial charge in [0.2, 0.25) is 0 Å². The molecule has 1 saturated heterocycles. The molecule has 1 fully saturated rings. The summed E-state index contributed by atoms with van der Waals surface area (Å²) in [5, 5.41) is 12.5. The van der Waals surface area contributed by atoms with Gasteiger partial charge in [0.05, 0.1) is 18.7 Å². The third-order valence-corrected chi connectivity index (χ3v) is 5.10. The van der Waals surface area contributed by atoms with E-state index in [0.717, 1.165) is 23.1 Å². The van der Waals surface area contributed by atoms with Crippen LogP contribution in [0, 0.1) is 17.1 Å². The van der Waals surface area contributed by atoms with Gasteiger partial charge in [-0.1, -0.05) is 43.3 Å². The van der Waals surface area contributed by atoms with Gasteiger partial charge < -0.3 is 15.0 Å². The van der Waals surface area contributed by atoms with E-state index < -0.39 is 6.04 Å². The molecule has 3 rings (SSSR count). The molecule has 0 aromatic heterocycles. The number of hydrogen-bond donors (Lipinski definition) is 1. The highest BCUT2D eigenvalue weighted by molar-refractivity contribution is 5.77. The van der Waals surface area contributed by atoms with E-state index in [1.54, 1.807) is 18.1 Å². The van der Waals surface area contributed by atoms with Crippen LogP contribution in [0.5, 0.6) is 0 Å². The summed E-state index contributed by atoms with van der Waals surface area (Å²) in [6.45, 7) is 2.90. The van der Waals surface area contributed by atoms with Gasteiger partial charge in [-0.3, -0.25) is 0 Å². The molecule has 146 valence electrons. The summed E-state index contributed by atoms with van der Waals surface area (Å²) in [6.07, 6.45) is 0.830. The highest BCUT2D eigenvalue weighted by Crippen LogP contribution is 2.41. The predicted molar refractivity (Wildman–Crippen MR) is 105 cm³/mol. The Morgan fingerprint density at radius 3 is 2.61 bits per heavy atom. The Balaban J connectivity index is 1.83. The maximum atomic E-state index is 13.5. The number of carbonyl (C=O) groups is 1. The van der Waals surface area contributed by atoms with E-state index in [1.165, 1.54) is 12.1 Å². The first-order chi connectivity index (χ1) is 13.6. The SMILES string of the molecule is CCCNC(=O)N1[C@H](C#N)[C@H](c2ccc(-c3cccc(F)c3)cc2)[C@H]1COC. The number of carbonyl (C=O) groups excluding carboxylic acids is 1. The standard InChI is InChI=1S/C22H24FN3O2/c1-3-11-25-22(27)26-19(13-24)21(20(26)14-28-2)16-9-7-15(8-10-16)17-5-4-6-18(23)12-17/h4-10,12,19-21H,3,11,14H2,1-2H3,(H,25,27)/t19-,20-,21+/m1/s1. The number of hydrogen-bond acceptors (Lipinski definition) is 3. The van der Waals surface area contributed by atoms with Gasteiger partial charge in [-0.25, -0.2) is 9.18 Å². The summed E-state index contributed by atoms with van der Waals surface area (Å²) in [6, 6.07) is 15.4. The highest BCUT2D eigenvalue weighted by atomic mass is 19.1. The number of nitrogens with one attached hydrogen (secondary N) is 1. The zero-order valence-electron chi connectivity index (χ0n) is 16.1. The largest absolute Gasteiger partial charge is 0.383 e. The summed E-state index contributed by atoms with van der Waals surface area (Å²) in [5.41, 5.74) is 2.66. The summed E-state index contributed by atoms with van der Waals surface area (Å²) < 4.78 is 18.8. The first-order valence-electron chi connectivity index (χ1n) is 9.41. The number of nitriles is 1. The van der Waals surface area contributed by atoms with Crippen molar-refractivity contribution in [1.82, 2.24) is 10.2 Å². The smallest absolute Gasteiger partial charge is 0.318 e. The van der Waals surface area contributed by atoms with Crippen LogP contribution in [0.15, 0.2) is 48.5 Å². The minimum absolute atomic E-state index is 0.126. The Kier molecular flexibility index (Phi) is 6.27. The van der Waals surface area contributed by atoms with Crippen LogP contribution >= 0.6 is 0 Å². The van der Waals surface area contributed by atoms with E-state index in [-0.39, 0.29) is 23.8 Å². The molecule has 0 radical (unpaired) electrons. The Labute approximate surface area is 164 Å². The molecule has 0 aliphatic carbocycles. The number of halogens is 1. The zero-order valence-corrected chi connectivity index (χ0v) is 16.1. The average Bonchev–Trinajstić information content (AvgIpc) is 2.69. The molecule has 6 heteroatoms. The van der Waals surface area contributed by atoms with Crippen molar-refractivity contribution in [2.75, 3.05) is 20.3 Å². The Morgan fingerprint density at radius 1 is 1.25 bits per heavy atom. The van der Waals surface area contributed by atoms with Crippen LogP contribution in [-0.4, -0.2) is 43.3 Å². The monoisotopic (exact) mass is 381 g/mol. The van der Waals surface area contributed by atoms with Gasteiger partial charge in [0.15, 0.2) is 0 Å². The van der Waals surface area contributed by atoms with Gasteiger partial charge in [-0.05, 0) is 35.2 Å². The molecule has 3 atom stereocenters. The van der Waals surface area contributed by atoms with Gasteiger partial charge in [-0.15, -0.1) is 0 Å². The van der Waals surface area contributed by atoms with Crippen molar-refractivity contribution < 1.29 is 13.9 Å². The quantitative estimate of drug-likeness (QED) is 0.825. The van der Waals surface area contributed by atoms with Crippen LogP contribution < -0.4 is 5.32 Å². The van der Waals surface area contributed by atoms with Crippen molar-refractivity contribution in [2.45, 2.75) is 31.3 Å². The summed E-state index contributed by atoms with van der Waals surface area (Å²) in [7, 11) is 1.59. The van der Waals surface area contributed by atoms with Crippen LogP contribution in [0.3, 0.4) is 0 Å². The zero-order chi connectivity index (χ0) is 20.1. The van der Waals surface area contributed by atoms with Crippen molar-refractivity contribution in [3.63, 3.8) is 0 Å². The molecule has 2 amide bonds. The highest BCUT2D eigenvalue weighted by Gasteiger charge is 2.51. The van der Waals surface area contributed by atoms with Gasteiger partial charge in [0.25, 0.3) is 0 Å². The lowest BCUT2D eigenvalue weighted by atomic mass is 9.75. The van der Waals surface area contributed by atoms with E-state index in [2.05, 4.69) is 11.4 Å². The fourth-order valence-electron chi connectivity index (χ4n) is 3.73. The number of ether oxygens (including phenoxy) is 1. The number of benzene rings is 2. The number of likely N-dealkylation sites (tertiary alicyclic amines) is 1. The molecule has 2 aromatic carbocycles. The molecule has 28 heavy (non-hydrogen) atoms. The van der Waals surface area contributed by atoms with Crippen LogP contribution in [-0.2, 0) is 4.74 Å². The van der Waals surface area contributed by atoms with Crippen molar-refractivity contribution in [3.8, 4) is 17.2 Å². The van der Waals surface area contributed by atoms with E-state index in [4.69, 9.17) is 4.74 Å².